The van der Waals surface area contributed by atoms with Crippen molar-refractivity contribution < 1.29 is 26.4 Å². The Morgan fingerprint density at radius 2 is 1.97 bits per heavy atom. The van der Waals surface area contributed by atoms with E-state index in [0.717, 1.165) is 16.4 Å². The quantitative estimate of drug-likeness (QED) is 0.742. The van der Waals surface area contributed by atoms with E-state index >= 15 is 0 Å². The van der Waals surface area contributed by atoms with Gasteiger partial charge in [0.2, 0.25) is 16.0 Å². The molecule has 9 nitrogen and oxygen atoms in total. The van der Waals surface area contributed by atoms with Crippen molar-refractivity contribution in [3.63, 3.8) is 0 Å². The van der Waals surface area contributed by atoms with Crippen LogP contribution in [0.4, 0.5) is 18.9 Å². The molecule has 0 radical (unpaired) electrons. The van der Waals surface area contributed by atoms with E-state index in [1.54, 1.807) is 6.92 Å². The number of aromatic nitrogens is 2. The van der Waals surface area contributed by atoms with Crippen molar-refractivity contribution in [1.82, 2.24) is 14.3 Å². The van der Waals surface area contributed by atoms with Gasteiger partial charge < -0.3 is 11.1 Å². The van der Waals surface area contributed by atoms with Crippen molar-refractivity contribution in [3.05, 3.63) is 53.6 Å². The molecule has 0 aliphatic carbocycles. The van der Waals surface area contributed by atoms with E-state index < -0.39 is 33.2 Å². The number of nitrogens with two attached hydrogens (primary N) is 1. The average Bonchev–Trinajstić information content (AvgIpc) is 2.65. The van der Waals surface area contributed by atoms with Crippen LogP contribution in [0.15, 0.2) is 41.8 Å². The molecule has 160 valence electrons. The Morgan fingerprint density at radius 3 is 2.53 bits per heavy atom. The summed E-state index contributed by atoms with van der Waals surface area (Å²) >= 11 is 0. The summed E-state index contributed by atoms with van der Waals surface area (Å²) in [6.45, 7) is 1.56. The van der Waals surface area contributed by atoms with Gasteiger partial charge in [0.1, 0.15) is 11.2 Å². The van der Waals surface area contributed by atoms with Crippen LogP contribution in [-0.2, 0) is 21.7 Å². The van der Waals surface area contributed by atoms with E-state index in [2.05, 4.69) is 20.3 Å². The fourth-order valence-corrected chi connectivity index (χ4v) is 4.25. The number of amides is 1. The summed E-state index contributed by atoms with van der Waals surface area (Å²) in [5.41, 5.74) is 3.83. The zero-order valence-corrected chi connectivity index (χ0v) is 16.6. The van der Waals surface area contributed by atoms with Gasteiger partial charge in [-0.25, -0.2) is 17.7 Å². The number of rotatable bonds is 3. The van der Waals surface area contributed by atoms with Crippen molar-refractivity contribution in [1.29, 1.82) is 0 Å². The topological polar surface area (TPSA) is 131 Å². The van der Waals surface area contributed by atoms with Crippen LogP contribution < -0.4 is 11.1 Å². The minimum Gasteiger partial charge on any atom is -0.369 e. The van der Waals surface area contributed by atoms with Crippen LogP contribution in [0.1, 0.15) is 28.5 Å². The zero-order chi connectivity index (χ0) is 22.3. The van der Waals surface area contributed by atoms with Crippen molar-refractivity contribution in [3.8, 4) is 0 Å². The standard InChI is InChI=1S/C17H17F3N6O3S/c1-16(9-30(28,29)26(2)15(21)25-16)11-5-12(8-22-6-11)24-14(27)13-4-3-10(7-23-13)17(18,19)20/h3-8H,9H2,1-2H3,(H2,21,25)(H,24,27)/t16-/m0/s1. The number of carbonyl (C=O) groups is 1. The van der Waals surface area contributed by atoms with Crippen molar-refractivity contribution in [2.24, 2.45) is 10.7 Å². The van der Waals surface area contributed by atoms with Crippen molar-refractivity contribution in [2.75, 3.05) is 18.1 Å². The molecule has 0 unspecified atom stereocenters. The van der Waals surface area contributed by atoms with Crippen molar-refractivity contribution in [2.45, 2.75) is 18.6 Å². The third-order valence-electron chi connectivity index (χ3n) is 4.51. The number of hydrogen-bond donors (Lipinski definition) is 2. The van der Waals surface area contributed by atoms with Gasteiger partial charge in [-0.1, -0.05) is 0 Å². The third kappa shape index (κ3) is 4.20. The van der Waals surface area contributed by atoms with Crippen LogP contribution in [0.2, 0.25) is 0 Å². The highest BCUT2D eigenvalue weighted by Crippen LogP contribution is 2.32. The summed E-state index contributed by atoms with van der Waals surface area (Å²) in [5, 5.41) is 2.47. The monoisotopic (exact) mass is 442 g/mol. The molecule has 1 aliphatic rings. The summed E-state index contributed by atoms with van der Waals surface area (Å²) in [4.78, 5) is 24.1. The molecule has 2 aromatic rings. The third-order valence-corrected chi connectivity index (χ3v) is 6.45. The Balaban J connectivity index is 1.85. The Labute approximate surface area is 169 Å². The molecule has 0 spiro atoms. The maximum atomic E-state index is 12.6. The van der Waals surface area contributed by atoms with Gasteiger partial charge in [-0.3, -0.25) is 14.8 Å². The van der Waals surface area contributed by atoms with Crippen LogP contribution >= 0.6 is 0 Å². The SMILES string of the molecule is CN1C(N)=N[C@](C)(c2cncc(NC(=O)c3ccc(C(F)(F)F)cn3)c2)CS1(=O)=O. The second kappa shape index (κ2) is 7.23. The first-order valence-electron chi connectivity index (χ1n) is 8.44. The van der Waals surface area contributed by atoms with E-state index in [9.17, 15) is 26.4 Å². The second-order valence-electron chi connectivity index (χ2n) is 6.81. The number of pyridine rings is 2. The summed E-state index contributed by atoms with van der Waals surface area (Å²) in [6, 6.07) is 3.16. The number of nitrogens with zero attached hydrogens (tertiary/aromatic N) is 4. The lowest BCUT2D eigenvalue weighted by Crippen LogP contribution is -2.50. The molecule has 0 aromatic carbocycles. The number of aliphatic imine (C=N–C) groups is 1. The number of guanidine groups is 1. The van der Waals surface area contributed by atoms with Gasteiger partial charge in [-0.2, -0.15) is 13.2 Å². The molecule has 1 aliphatic heterocycles. The van der Waals surface area contributed by atoms with E-state index in [-0.39, 0.29) is 23.1 Å². The molecule has 0 fully saturated rings. The Hall–Kier alpha value is -3.22. The van der Waals surface area contributed by atoms with Gasteiger partial charge in [-0.05, 0) is 25.1 Å². The van der Waals surface area contributed by atoms with Crippen molar-refractivity contribution >= 4 is 27.6 Å². The number of anilines is 1. The number of sulfonamides is 1. The molecule has 3 rings (SSSR count). The molecular weight excluding hydrogens is 425 g/mol. The van der Waals surface area contributed by atoms with E-state index in [1.165, 1.54) is 25.5 Å². The van der Waals surface area contributed by atoms with Gasteiger partial charge >= 0.3 is 6.18 Å². The number of alkyl halides is 3. The van der Waals surface area contributed by atoms with E-state index in [0.29, 0.717) is 11.8 Å². The van der Waals surface area contributed by atoms with Crippen LogP contribution in [0.3, 0.4) is 0 Å². The zero-order valence-electron chi connectivity index (χ0n) is 15.8. The summed E-state index contributed by atoms with van der Waals surface area (Å²) in [5.74, 6) is -1.31. The Bertz CT molecular complexity index is 1120. The first kappa shape index (κ1) is 21.5. The highest BCUT2D eigenvalue weighted by atomic mass is 32.2. The second-order valence-corrected chi connectivity index (χ2v) is 8.81. The van der Waals surface area contributed by atoms with E-state index in [4.69, 9.17) is 5.73 Å². The number of carbonyl (C=O) groups excluding carboxylic acids is 1. The molecule has 0 saturated heterocycles. The predicted octanol–water partition coefficient (Wildman–Crippen LogP) is 1.55. The maximum Gasteiger partial charge on any atom is 0.417 e. The maximum absolute atomic E-state index is 12.6. The molecule has 1 atom stereocenters. The van der Waals surface area contributed by atoms with Crippen LogP contribution in [-0.4, -0.2) is 47.4 Å². The summed E-state index contributed by atoms with van der Waals surface area (Å²) < 4.78 is 63.4. The average molecular weight is 442 g/mol. The normalized spacial score (nSPS) is 21.1. The predicted molar refractivity (Wildman–Crippen MR) is 102 cm³/mol. The first-order valence-corrected chi connectivity index (χ1v) is 10.0. The lowest BCUT2D eigenvalue weighted by molar-refractivity contribution is -0.137. The molecular formula is C17H17F3N6O3S. The molecule has 13 heteroatoms. The first-order chi connectivity index (χ1) is 13.8. The van der Waals surface area contributed by atoms with Crippen LogP contribution in [0.5, 0.6) is 0 Å². The highest BCUT2D eigenvalue weighted by molar-refractivity contribution is 7.89. The van der Waals surface area contributed by atoms with E-state index in [1.807, 2.05) is 0 Å². The van der Waals surface area contributed by atoms with Gasteiger partial charge in [-0.15, -0.1) is 0 Å². The van der Waals surface area contributed by atoms with Gasteiger partial charge in [0.25, 0.3) is 5.91 Å². The van der Waals surface area contributed by atoms with Crippen LogP contribution in [0, 0.1) is 0 Å². The molecule has 30 heavy (non-hydrogen) atoms. The minimum absolute atomic E-state index is 0.186. The number of nitrogens with one attached hydrogen (secondary N) is 1. The molecule has 0 bridgehead atoms. The molecule has 1 amide bonds. The number of halogens is 3. The highest BCUT2D eigenvalue weighted by Gasteiger charge is 2.40. The fraction of sp³-hybridized carbons (Fsp3) is 0.294. The van der Waals surface area contributed by atoms with Gasteiger partial charge in [0.05, 0.1) is 23.2 Å². The molecule has 2 aromatic heterocycles. The summed E-state index contributed by atoms with van der Waals surface area (Å²) in [6.07, 6.45) is -1.31. The largest absolute Gasteiger partial charge is 0.417 e. The van der Waals surface area contributed by atoms with Gasteiger partial charge in [0, 0.05) is 25.0 Å². The smallest absolute Gasteiger partial charge is 0.369 e. The fourth-order valence-electron chi connectivity index (χ4n) is 2.79. The minimum atomic E-state index is -4.56. The lowest BCUT2D eigenvalue weighted by Gasteiger charge is -2.34. The summed E-state index contributed by atoms with van der Waals surface area (Å²) in [7, 11) is -2.41. The molecule has 3 N–H and O–H groups in total. The number of hydrogen-bond acceptors (Lipinski definition) is 7. The lowest BCUT2D eigenvalue weighted by atomic mass is 9.96. The molecule has 0 saturated carbocycles. The van der Waals surface area contributed by atoms with Crippen LogP contribution in [0.25, 0.3) is 0 Å². The van der Waals surface area contributed by atoms with Gasteiger partial charge in [0.15, 0.2) is 0 Å². The Kier molecular flexibility index (Phi) is 5.18. The molecule has 3 heterocycles. The Morgan fingerprint density at radius 1 is 1.27 bits per heavy atom.